The summed E-state index contributed by atoms with van der Waals surface area (Å²) >= 11 is 0. The van der Waals surface area contributed by atoms with E-state index < -0.39 is 17.7 Å². The maximum atomic E-state index is 13.0. The van der Waals surface area contributed by atoms with Crippen LogP contribution in [0.5, 0.6) is 0 Å². The Bertz CT molecular complexity index is 557. The smallest absolute Gasteiger partial charge is 0.231 e. The number of aliphatic hydroxyl groups is 1. The second-order valence-corrected chi connectivity index (χ2v) is 4.28. The molecule has 1 N–H and O–H groups in total. The van der Waals surface area contributed by atoms with Gasteiger partial charge in [0.05, 0.1) is 6.42 Å². The number of benzene rings is 1. The number of hydrogen-bond acceptors (Lipinski definition) is 4. The summed E-state index contributed by atoms with van der Waals surface area (Å²) in [4.78, 5) is 4.03. The minimum Gasteiger partial charge on any atom is -0.385 e. The van der Waals surface area contributed by atoms with Crippen LogP contribution >= 0.6 is 0 Å². The molecular formula is C13H14F2N2O2. The van der Waals surface area contributed by atoms with E-state index in [2.05, 4.69) is 10.1 Å². The Labute approximate surface area is 109 Å². The predicted octanol–water partition coefficient (Wildman–Crippen LogP) is 2.77. The number of aliphatic hydroxyl groups excluding tert-OH is 1. The van der Waals surface area contributed by atoms with Crippen molar-refractivity contribution in [2.75, 3.05) is 0 Å². The standard InChI is InChI=1S/C13H14F2N2O2/c1-2-3-11(18)13-16-12(19-17-13)7-8-4-5-9(14)10(15)6-8/h4-6,11,18H,2-3,7H2,1H3. The van der Waals surface area contributed by atoms with E-state index in [1.54, 1.807) is 0 Å². The number of aromatic nitrogens is 2. The van der Waals surface area contributed by atoms with Gasteiger partial charge in [-0.25, -0.2) is 8.78 Å². The Kier molecular flexibility index (Phi) is 4.21. The van der Waals surface area contributed by atoms with Gasteiger partial charge < -0.3 is 9.63 Å². The normalized spacial score (nSPS) is 12.6. The molecule has 0 aliphatic heterocycles. The lowest BCUT2D eigenvalue weighted by Gasteiger charge is -2.01. The van der Waals surface area contributed by atoms with Gasteiger partial charge in [0.2, 0.25) is 5.89 Å². The first kappa shape index (κ1) is 13.6. The van der Waals surface area contributed by atoms with Crippen molar-refractivity contribution < 1.29 is 18.4 Å². The molecule has 0 aliphatic rings. The van der Waals surface area contributed by atoms with Crippen LogP contribution in [0, 0.1) is 11.6 Å². The fourth-order valence-electron chi connectivity index (χ4n) is 1.70. The maximum Gasteiger partial charge on any atom is 0.231 e. The molecular weight excluding hydrogens is 254 g/mol. The van der Waals surface area contributed by atoms with Crippen molar-refractivity contribution in [2.24, 2.45) is 0 Å². The molecule has 1 aromatic carbocycles. The van der Waals surface area contributed by atoms with Crippen molar-refractivity contribution in [3.05, 3.63) is 47.1 Å². The fourth-order valence-corrected chi connectivity index (χ4v) is 1.70. The van der Waals surface area contributed by atoms with Crippen molar-refractivity contribution in [2.45, 2.75) is 32.3 Å². The third kappa shape index (κ3) is 3.35. The largest absolute Gasteiger partial charge is 0.385 e. The van der Waals surface area contributed by atoms with E-state index in [0.29, 0.717) is 12.0 Å². The van der Waals surface area contributed by atoms with E-state index in [-0.39, 0.29) is 18.1 Å². The molecule has 1 heterocycles. The molecule has 0 bridgehead atoms. The summed E-state index contributed by atoms with van der Waals surface area (Å²) in [6, 6.07) is 3.58. The number of halogens is 2. The summed E-state index contributed by atoms with van der Waals surface area (Å²) < 4.78 is 30.8. The number of rotatable bonds is 5. The van der Waals surface area contributed by atoms with Crippen LogP contribution < -0.4 is 0 Å². The van der Waals surface area contributed by atoms with Gasteiger partial charge in [-0.1, -0.05) is 24.6 Å². The van der Waals surface area contributed by atoms with Gasteiger partial charge in [-0.3, -0.25) is 0 Å². The van der Waals surface area contributed by atoms with Crippen molar-refractivity contribution in [1.82, 2.24) is 10.1 Å². The zero-order chi connectivity index (χ0) is 13.8. The van der Waals surface area contributed by atoms with Crippen molar-refractivity contribution >= 4 is 0 Å². The lowest BCUT2D eigenvalue weighted by molar-refractivity contribution is 0.153. The quantitative estimate of drug-likeness (QED) is 0.905. The molecule has 0 amide bonds. The molecule has 0 fully saturated rings. The molecule has 4 nitrogen and oxygen atoms in total. The molecule has 1 atom stereocenters. The molecule has 0 saturated carbocycles. The molecule has 19 heavy (non-hydrogen) atoms. The minimum atomic E-state index is -0.914. The summed E-state index contributed by atoms with van der Waals surface area (Å²) in [5.74, 6) is -1.33. The van der Waals surface area contributed by atoms with Gasteiger partial charge in [-0.15, -0.1) is 0 Å². The first-order chi connectivity index (χ1) is 9.10. The van der Waals surface area contributed by atoms with Gasteiger partial charge in [0, 0.05) is 0 Å². The minimum absolute atomic E-state index is 0.197. The highest BCUT2D eigenvalue weighted by atomic mass is 19.2. The molecule has 0 aliphatic carbocycles. The van der Waals surface area contributed by atoms with Crippen LogP contribution in [0.4, 0.5) is 8.78 Å². The Balaban J connectivity index is 2.09. The van der Waals surface area contributed by atoms with E-state index in [9.17, 15) is 13.9 Å². The lowest BCUT2D eigenvalue weighted by atomic mass is 10.1. The fraction of sp³-hybridized carbons (Fsp3) is 0.385. The SMILES string of the molecule is CCCC(O)c1noc(Cc2ccc(F)c(F)c2)n1. The summed E-state index contributed by atoms with van der Waals surface area (Å²) in [7, 11) is 0. The summed E-state index contributed by atoms with van der Waals surface area (Å²) in [5, 5.41) is 13.4. The van der Waals surface area contributed by atoms with Gasteiger partial charge >= 0.3 is 0 Å². The molecule has 1 unspecified atom stereocenters. The van der Waals surface area contributed by atoms with Gasteiger partial charge in [-0.05, 0) is 24.1 Å². The van der Waals surface area contributed by atoms with E-state index in [1.807, 2.05) is 6.92 Å². The monoisotopic (exact) mass is 268 g/mol. The molecule has 1 aromatic heterocycles. The second-order valence-electron chi connectivity index (χ2n) is 4.28. The highest BCUT2D eigenvalue weighted by Crippen LogP contribution is 2.17. The van der Waals surface area contributed by atoms with Crippen molar-refractivity contribution in [1.29, 1.82) is 0 Å². The Morgan fingerprint density at radius 1 is 1.32 bits per heavy atom. The highest BCUT2D eigenvalue weighted by Gasteiger charge is 2.15. The van der Waals surface area contributed by atoms with Crippen LogP contribution in [0.15, 0.2) is 22.7 Å². The average Bonchev–Trinajstić information content (AvgIpc) is 2.83. The zero-order valence-corrected chi connectivity index (χ0v) is 10.4. The molecule has 6 heteroatoms. The van der Waals surface area contributed by atoms with Gasteiger partial charge in [-0.2, -0.15) is 4.98 Å². The third-order valence-corrected chi connectivity index (χ3v) is 2.68. The topological polar surface area (TPSA) is 59.2 Å². The van der Waals surface area contributed by atoms with Gasteiger partial charge in [0.15, 0.2) is 17.5 Å². The number of hydrogen-bond donors (Lipinski definition) is 1. The highest BCUT2D eigenvalue weighted by molar-refractivity contribution is 5.20. The van der Waals surface area contributed by atoms with Crippen LogP contribution in [0.3, 0.4) is 0 Å². The molecule has 2 aromatic rings. The van der Waals surface area contributed by atoms with E-state index >= 15 is 0 Å². The predicted molar refractivity (Wildman–Crippen MR) is 63.3 cm³/mol. The van der Waals surface area contributed by atoms with Gasteiger partial charge in [0.1, 0.15) is 6.10 Å². The van der Waals surface area contributed by atoms with Gasteiger partial charge in [0.25, 0.3) is 0 Å². The lowest BCUT2D eigenvalue weighted by Crippen LogP contribution is -1.99. The summed E-state index contributed by atoms with van der Waals surface area (Å²) in [6.07, 6.45) is 0.786. The number of nitrogens with zero attached hydrogens (tertiary/aromatic N) is 2. The molecule has 0 saturated heterocycles. The third-order valence-electron chi connectivity index (χ3n) is 2.68. The van der Waals surface area contributed by atoms with Crippen molar-refractivity contribution in [3.63, 3.8) is 0 Å². The Morgan fingerprint density at radius 3 is 2.79 bits per heavy atom. The van der Waals surface area contributed by atoms with Crippen LogP contribution in [0.25, 0.3) is 0 Å². The first-order valence-corrected chi connectivity index (χ1v) is 6.04. The Morgan fingerprint density at radius 2 is 2.11 bits per heavy atom. The van der Waals surface area contributed by atoms with Crippen LogP contribution in [-0.2, 0) is 6.42 Å². The van der Waals surface area contributed by atoms with Crippen molar-refractivity contribution in [3.8, 4) is 0 Å². The zero-order valence-electron chi connectivity index (χ0n) is 10.4. The molecule has 0 radical (unpaired) electrons. The summed E-state index contributed by atoms with van der Waals surface area (Å²) in [6.45, 7) is 1.94. The maximum absolute atomic E-state index is 13.0. The van der Waals surface area contributed by atoms with Crippen LogP contribution in [0.2, 0.25) is 0 Å². The molecule has 0 spiro atoms. The summed E-state index contributed by atoms with van der Waals surface area (Å²) in [5.41, 5.74) is 0.527. The van der Waals surface area contributed by atoms with E-state index in [1.165, 1.54) is 6.07 Å². The van der Waals surface area contributed by atoms with E-state index in [4.69, 9.17) is 4.52 Å². The average molecular weight is 268 g/mol. The van der Waals surface area contributed by atoms with E-state index in [0.717, 1.165) is 18.6 Å². The van der Waals surface area contributed by atoms with Crippen LogP contribution in [0.1, 0.15) is 43.1 Å². The second kappa shape index (κ2) is 5.88. The van der Waals surface area contributed by atoms with Crippen LogP contribution in [-0.4, -0.2) is 15.2 Å². The molecule has 2 rings (SSSR count). The Hall–Kier alpha value is -1.82. The first-order valence-electron chi connectivity index (χ1n) is 6.04. The molecule has 102 valence electrons.